The topological polar surface area (TPSA) is 85.1 Å². The number of nitrogens with two attached hydrogens (primary N) is 1. The second-order valence-corrected chi connectivity index (χ2v) is 9.12. The summed E-state index contributed by atoms with van der Waals surface area (Å²) in [5.41, 5.74) is 5.71. The van der Waals surface area contributed by atoms with Gasteiger partial charge in [-0.05, 0) is 32.9 Å². The van der Waals surface area contributed by atoms with Crippen LogP contribution in [0.1, 0.15) is 18.9 Å². The number of thiazole rings is 1. The van der Waals surface area contributed by atoms with E-state index < -0.39 is 15.6 Å². The third-order valence-electron chi connectivity index (χ3n) is 2.64. The van der Waals surface area contributed by atoms with E-state index in [0.717, 1.165) is 15.6 Å². The minimum atomic E-state index is -3.55. The molecule has 0 spiro atoms. The number of sulfonamides is 1. The summed E-state index contributed by atoms with van der Waals surface area (Å²) in [4.78, 5) is 5.21. The highest BCUT2D eigenvalue weighted by Crippen LogP contribution is 2.31. The zero-order chi connectivity index (χ0) is 15.0. The van der Waals surface area contributed by atoms with Crippen LogP contribution in [0.15, 0.2) is 21.7 Å². The number of nitrogens with one attached hydrogen (secondary N) is 1. The smallest absolute Gasteiger partial charge is 0.250 e. The lowest BCUT2D eigenvalue weighted by molar-refractivity contribution is 0.463. The number of hydrogen-bond donors (Lipinski definition) is 2. The molecule has 0 bridgehead atoms. The quantitative estimate of drug-likeness (QED) is 0.850. The SMILES string of the molecule is Cc1nc(-c2ccc(S(=O)(=O)NC(C)(C)CN)s2)cs1.Cl. The molecule has 0 saturated carbocycles. The first-order valence-corrected chi connectivity index (χ1v) is 9.18. The van der Waals surface area contributed by atoms with Crippen molar-refractivity contribution in [2.24, 2.45) is 5.73 Å². The van der Waals surface area contributed by atoms with Gasteiger partial charge in [0.2, 0.25) is 0 Å². The van der Waals surface area contributed by atoms with Crippen molar-refractivity contribution in [3.63, 3.8) is 0 Å². The molecule has 2 aromatic heterocycles. The third kappa shape index (κ3) is 4.48. The van der Waals surface area contributed by atoms with Gasteiger partial charge in [0.1, 0.15) is 4.21 Å². The van der Waals surface area contributed by atoms with E-state index in [1.54, 1.807) is 37.3 Å². The first-order chi connectivity index (χ1) is 9.23. The molecule has 3 N–H and O–H groups in total. The highest BCUT2D eigenvalue weighted by atomic mass is 35.5. The highest BCUT2D eigenvalue weighted by molar-refractivity contribution is 7.91. The first-order valence-electron chi connectivity index (χ1n) is 6.00. The van der Waals surface area contributed by atoms with Gasteiger partial charge in [0, 0.05) is 17.5 Å². The average molecular weight is 368 g/mol. The summed E-state index contributed by atoms with van der Waals surface area (Å²) in [7, 11) is -3.55. The van der Waals surface area contributed by atoms with Crippen molar-refractivity contribution in [1.82, 2.24) is 9.71 Å². The molecule has 0 aliphatic heterocycles. The molecule has 5 nitrogen and oxygen atoms in total. The number of halogens is 1. The van der Waals surface area contributed by atoms with Crippen molar-refractivity contribution in [1.29, 1.82) is 0 Å². The third-order valence-corrected chi connectivity index (χ3v) is 6.71. The Morgan fingerprint density at radius 1 is 1.38 bits per heavy atom. The van der Waals surface area contributed by atoms with Crippen LogP contribution in [0.5, 0.6) is 0 Å². The molecule has 0 atom stereocenters. The van der Waals surface area contributed by atoms with E-state index in [2.05, 4.69) is 9.71 Å². The predicted molar refractivity (Wildman–Crippen MR) is 90.9 cm³/mol. The Labute approximate surface area is 139 Å². The molecule has 0 unspecified atom stereocenters. The molecule has 0 amide bonds. The average Bonchev–Trinajstić information content (AvgIpc) is 2.96. The fourth-order valence-electron chi connectivity index (χ4n) is 1.53. The normalized spacial score (nSPS) is 12.2. The van der Waals surface area contributed by atoms with Crippen molar-refractivity contribution in [3.8, 4) is 10.6 Å². The predicted octanol–water partition coefficient (Wildman–Crippen LogP) is 2.62. The molecular weight excluding hydrogens is 350 g/mol. The van der Waals surface area contributed by atoms with E-state index in [4.69, 9.17) is 5.73 Å². The molecular formula is C12H18ClN3O2S3. The Hall–Kier alpha value is -0.510. The van der Waals surface area contributed by atoms with Crippen molar-refractivity contribution >= 4 is 45.1 Å². The van der Waals surface area contributed by atoms with Crippen LogP contribution < -0.4 is 10.5 Å². The van der Waals surface area contributed by atoms with Gasteiger partial charge in [-0.1, -0.05) is 0 Å². The van der Waals surface area contributed by atoms with Crippen LogP contribution in [0.25, 0.3) is 10.6 Å². The first kappa shape index (κ1) is 18.5. The van der Waals surface area contributed by atoms with Gasteiger partial charge < -0.3 is 5.73 Å². The molecule has 0 aromatic carbocycles. The lowest BCUT2D eigenvalue weighted by Crippen LogP contribution is -2.48. The summed E-state index contributed by atoms with van der Waals surface area (Å²) >= 11 is 2.75. The molecule has 0 fully saturated rings. The molecule has 2 rings (SSSR count). The summed E-state index contributed by atoms with van der Waals surface area (Å²) in [5.74, 6) is 0. The van der Waals surface area contributed by atoms with Crippen molar-refractivity contribution in [2.45, 2.75) is 30.5 Å². The standard InChI is InChI=1S/C12H17N3O2S3.ClH/c1-8-14-9(6-18-8)10-4-5-11(19-10)20(16,17)15-12(2,3)7-13;/h4-6,15H,7,13H2,1-3H3;1H. The summed E-state index contributed by atoms with van der Waals surface area (Å²) < 4.78 is 27.5. The zero-order valence-corrected chi connectivity index (χ0v) is 15.2. The fraction of sp³-hybridized carbons (Fsp3) is 0.417. The van der Waals surface area contributed by atoms with Crippen molar-refractivity contribution in [3.05, 3.63) is 22.5 Å². The minimum absolute atomic E-state index is 0. The van der Waals surface area contributed by atoms with E-state index in [1.165, 1.54) is 11.3 Å². The van der Waals surface area contributed by atoms with Gasteiger partial charge in [0.25, 0.3) is 10.0 Å². The molecule has 2 aromatic rings. The number of nitrogens with zero attached hydrogens (tertiary/aromatic N) is 1. The van der Waals surface area contributed by atoms with E-state index in [9.17, 15) is 8.42 Å². The Kier molecular flexibility index (Phi) is 5.93. The van der Waals surface area contributed by atoms with Gasteiger partial charge in [0.15, 0.2) is 0 Å². The van der Waals surface area contributed by atoms with Crippen LogP contribution in [-0.4, -0.2) is 25.5 Å². The Morgan fingerprint density at radius 2 is 2.05 bits per heavy atom. The maximum atomic E-state index is 12.3. The Balaban J connectivity index is 0.00000220. The van der Waals surface area contributed by atoms with Gasteiger partial charge in [0.05, 0.1) is 15.6 Å². The van der Waals surface area contributed by atoms with E-state index in [-0.39, 0.29) is 23.2 Å². The number of aromatic nitrogens is 1. The number of rotatable bonds is 5. The van der Waals surface area contributed by atoms with E-state index in [1.807, 2.05) is 12.3 Å². The number of aryl methyl sites for hydroxylation is 1. The number of thiophene rings is 1. The minimum Gasteiger partial charge on any atom is -0.329 e. The van der Waals surface area contributed by atoms with Crippen LogP contribution in [0.3, 0.4) is 0 Å². The lowest BCUT2D eigenvalue weighted by atomic mass is 10.1. The molecule has 118 valence electrons. The second kappa shape index (κ2) is 6.72. The second-order valence-electron chi connectivity index (χ2n) is 5.06. The largest absolute Gasteiger partial charge is 0.329 e. The van der Waals surface area contributed by atoms with Crippen LogP contribution in [0, 0.1) is 6.92 Å². The van der Waals surface area contributed by atoms with Crippen LogP contribution in [0.2, 0.25) is 0 Å². The van der Waals surface area contributed by atoms with Crippen molar-refractivity contribution in [2.75, 3.05) is 6.54 Å². The molecule has 0 aliphatic carbocycles. The molecule has 9 heteroatoms. The fourth-order valence-corrected chi connectivity index (χ4v) is 4.91. The van der Waals surface area contributed by atoms with Crippen molar-refractivity contribution < 1.29 is 8.42 Å². The highest BCUT2D eigenvalue weighted by Gasteiger charge is 2.26. The summed E-state index contributed by atoms with van der Waals surface area (Å²) in [6.45, 7) is 5.66. The van der Waals surface area contributed by atoms with Gasteiger partial charge >= 0.3 is 0 Å². The van der Waals surface area contributed by atoms with E-state index >= 15 is 0 Å². The van der Waals surface area contributed by atoms with E-state index in [0.29, 0.717) is 0 Å². The Morgan fingerprint density at radius 3 is 2.57 bits per heavy atom. The summed E-state index contributed by atoms with van der Waals surface area (Å²) in [6, 6.07) is 3.38. The summed E-state index contributed by atoms with van der Waals surface area (Å²) in [6.07, 6.45) is 0. The lowest BCUT2D eigenvalue weighted by Gasteiger charge is -2.23. The molecule has 21 heavy (non-hydrogen) atoms. The van der Waals surface area contributed by atoms with Gasteiger partial charge in [-0.25, -0.2) is 18.1 Å². The summed E-state index contributed by atoms with van der Waals surface area (Å²) in [5, 5.41) is 2.88. The van der Waals surface area contributed by atoms with Crippen LogP contribution in [-0.2, 0) is 10.0 Å². The molecule has 0 saturated heterocycles. The monoisotopic (exact) mass is 367 g/mol. The number of hydrogen-bond acceptors (Lipinski definition) is 6. The van der Waals surface area contributed by atoms with Gasteiger partial charge in [-0.2, -0.15) is 0 Å². The Bertz CT molecular complexity index is 707. The zero-order valence-electron chi connectivity index (χ0n) is 11.9. The maximum absolute atomic E-state index is 12.3. The van der Waals surface area contributed by atoms with Gasteiger partial charge in [-0.3, -0.25) is 0 Å². The molecule has 0 radical (unpaired) electrons. The molecule has 2 heterocycles. The maximum Gasteiger partial charge on any atom is 0.250 e. The van der Waals surface area contributed by atoms with Crippen LogP contribution >= 0.6 is 35.1 Å². The van der Waals surface area contributed by atoms with Gasteiger partial charge in [-0.15, -0.1) is 35.1 Å². The molecule has 0 aliphatic rings. The van der Waals surface area contributed by atoms with Crippen LogP contribution in [0.4, 0.5) is 0 Å².